The fraction of sp³-hybridized carbons (Fsp3) is 0.174. The molecule has 0 aliphatic heterocycles. The quantitative estimate of drug-likeness (QED) is 0.466. The topological polar surface area (TPSA) is 70.1 Å². The van der Waals surface area contributed by atoms with Crippen LogP contribution in [0, 0.1) is 5.92 Å². The Morgan fingerprint density at radius 1 is 1.14 bits per heavy atom. The number of aromatic nitrogens is 2. The lowest BCUT2D eigenvalue weighted by atomic mass is 10.0. The minimum Gasteiger partial charge on any atom is -0.272 e. The normalized spacial score (nSPS) is 11.5. The van der Waals surface area contributed by atoms with Crippen molar-refractivity contribution >= 4 is 18.2 Å². The first-order valence-electron chi connectivity index (χ1n) is 9.31. The second-order valence-electron chi connectivity index (χ2n) is 6.95. The van der Waals surface area contributed by atoms with E-state index in [1.807, 2.05) is 48.5 Å². The maximum absolute atomic E-state index is 12.2. The molecule has 0 saturated heterocycles. The Kier molecular flexibility index (Phi) is 6.52. The van der Waals surface area contributed by atoms with Crippen LogP contribution >= 0.6 is 0 Å². The number of rotatable bonds is 7. The van der Waals surface area contributed by atoms with E-state index in [1.165, 1.54) is 11.8 Å². The Morgan fingerprint density at radius 2 is 1.89 bits per heavy atom. The molecule has 2 aromatic carbocycles. The zero-order valence-corrected chi connectivity index (χ0v) is 16.1. The lowest BCUT2D eigenvalue weighted by Crippen LogP contribution is -2.17. The summed E-state index contributed by atoms with van der Waals surface area (Å²) in [6.45, 7) is 4.40. The lowest BCUT2D eigenvalue weighted by Gasteiger charge is -2.05. The van der Waals surface area contributed by atoms with Crippen LogP contribution in [0.15, 0.2) is 71.8 Å². The van der Waals surface area contributed by atoms with Crippen molar-refractivity contribution in [2.24, 2.45) is 11.0 Å². The molecule has 0 aliphatic rings. The summed E-state index contributed by atoms with van der Waals surface area (Å²) in [5.74, 6) is 0.286. The summed E-state index contributed by atoms with van der Waals surface area (Å²) < 4.78 is 0. The standard InChI is InChI=1S/C23H24N4O/c1-17(2)15-19-10-12-20(13-11-19)21-16-22(26-25-21)23(28)27-24-14-6-9-18-7-4-3-5-8-18/h3-14,16-17H,15H2,1-2H3,(H,25,26)(H,27,28). The number of H-pyrrole nitrogens is 1. The Balaban J connectivity index is 1.56. The SMILES string of the molecule is CC(C)Cc1ccc(-c2cc(C(=O)NN=CC=Cc3ccccc3)[nH]n2)cc1. The summed E-state index contributed by atoms with van der Waals surface area (Å²) in [7, 11) is 0. The molecule has 0 bridgehead atoms. The second kappa shape index (κ2) is 9.46. The third-order valence-electron chi connectivity index (χ3n) is 4.13. The number of nitrogens with one attached hydrogen (secondary N) is 2. The molecule has 0 fully saturated rings. The van der Waals surface area contributed by atoms with Crippen LogP contribution in [0.3, 0.4) is 0 Å². The average Bonchev–Trinajstić information content (AvgIpc) is 3.19. The molecule has 3 rings (SSSR count). The molecule has 5 nitrogen and oxygen atoms in total. The number of benzene rings is 2. The summed E-state index contributed by atoms with van der Waals surface area (Å²) >= 11 is 0. The molecule has 1 amide bonds. The molecule has 142 valence electrons. The van der Waals surface area contributed by atoms with Gasteiger partial charge in [0.2, 0.25) is 0 Å². The molecule has 0 radical (unpaired) electrons. The van der Waals surface area contributed by atoms with Gasteiger partial charge < -0.3 is 0 Å². The first-order valence-corrected chi connectivity index (χ1v) is 9.31. The number of carbonyl (C=O) groups excluding carboxylic acids is 1. The van der Waals surface area contributed by atoms with Crippen molar-refractivity contribution in [3.8, 4) is 11.3 Å². The highest BCUT2D eigenvalue weighted by atomic mass is 16.2. The van der Waals surface area contributed by atoms with Crippen LogP contribution in [0.5, 0.6) is 0 Å². The smallest absolute Gasteiger partial charge is 0.272 e. The molecule has 0 atom stereocenters. The van der Waals surface area contributed by atoms with Crippen molar-refractivity contribution in [2.45, 2.75) is 20.3 Å². The van der Waals surface area contributed by atoms with Gasteiger partial charge in [0.1, 0.15) is 5.69 Å². The first-order chi connectivity index (χ1) is 13.6. The summed E-state index contributed by atoms with van der Waals surface area (Å²) in [6.07, 6.45) is 6.26. The number of hydrogen-bond acceptors (Lipinski definition) is 3. The van der Waals surface area contributed by atoms with E-state index >= 15 is 0 Å². The van der Waals surface area contributed by atoms with E-state index in [-0.39, 0.29) is 5.91 Å². The summed E-state index contributed by atoms with van der Waals surface area (Å²) in [4.78, 5) is 12.2. The molecule has 0 aliphatic carbocycles. The van der Waals surface area contributed by atoms with E-state index in [0.717, 1.165) is 23.2 Å². The van der Waals surface area contributed by atoms with Crippen molar-refractivity contribution < 1.29 is 4.79 Å². The molecule has 2 N–H and O–H groups in total. The van der Waals surface area contributed by atoms with E-state index in [9.17, 15) is 4.79 Å². The van der Waals surface area contributed by atoms with E-state index in [0.29, 0.717) is 11.6 Å². The molecule has 3 aromatic rings. The number of nitrogens with zero attached hydrogens (tertiary/aromatic N) is 2. The molecular weight excluding hydrogens is 348 g/mol. The van der Waals surface area contributed by atoms with Gasteiger partial charge in [-0.25, -0.2) is 5.43 Å². The third-order valence-corrected chi connectivity index (χ3v) is 4.13. The molecular formula is C23H24N4O. The van der Waals surface area contributed by atoms with Crippen LogP contribution in [0.4, 0.5) is 0 Å². The average molecular weight is 372 g/mol. The van der Waals surface area contributed by atoms with Gasteiger partial charge >= 0.3 is 0 Å². The van der Waals surface area contributed by atoms with E-state index in [1.54, 1.807) is 12.1 Å². The Bertz CT molecular complexity index is 954. The molecule has 1 aromatic heterocycles. The van der Waals surface area contributed by atoms with Crippen LogP contribution in [-0.2, 0) is 6.42 Å². The number of allylic oxidation sites excluding steroid dienone is 1. The number of amides is 1. The van der Waals surface area contributed by atoms with E-state index < -0.39 is 0 Å². The monoisotopic (exact) mass is 372 g/mol. The summed E-state index contributed by atoms with van der Waals surface area (Å²) in [5, 5.41) is 10.9. The van der Waals surface area contributed by atoms with Gasteiger partial charge in [-0.2, -0.15) is 10.2 Å². The lowest BCUT2D eigenvalue weighted by molar-refractivity contribution is 0.0950. The Labute approximate surface area is 165 Å². The highest BCUT2D eigenvalue weighted by Crippen LogP contribution is 2.19. The zero-order chi connectivity index (χ0) is 19.8. The van der Waals surface area contributed by atoms with Gasteiger partial charge in [-0.1, -0.05) is 74.5 Å². The van der Waals surface area contributed by atoms with Gasteiger partial charge in [-0.15, -0.1) is 0 Å². The van der Waals surface area contributed by atoms with Gasteiger partial charge in [-0.05, 0) is 35.6 Å². The van der Waals surface area contributed by atoms with Crippen LogP contribution in [0.2, 0.25) is 0 Å². The maximum Gasteiger partial charge on any atom is 0.289 e. The van der Waals surface area contributed by atoms with Crippen LogP contribution in [0.1, 0.15) is 35.5 Å². The van der Waals surface area contributed by atoms with Crippen LogP contribution in [0.25, 0.3) is 17.3 Å². The Morgan fingerprint density at radius 3 is 2.61 bits per heavy atom. The van der Waals surface area contributed by atoms with Crippen molar-refractivity contribution in [3.05, 3.63) is 83.6 Å². The van der Waals surface area contributed by atoms with E-state index in [4.69, 9.17) is 0 Å². The predicted octanol–water partition coefficient (Wildman–Crippen LogP) is 4.70. The first kappa shape index (κ1) is 19.3. The van der Waals surface area contributed by atoms with Gasteiger partial charge in [0.15, 0.2) is 0 Å². The van der Waals surface area contributed by atoms with Gasteiger partial charge in [0.25, 0.3) is 5.91 Å². The fourth-order valence-corrected chi connectivity index (χ4v) is 2.79. The molecule has 1 heterocycles. The molecule has 0 unspecified atom stereocenters. The zero-order valence-electron chi connectivity index (χ0n) is 16.1. The molecule has 0 spiro atoms. The van der Waals surface area contributed by atoms with Crippen LogP contribution in [-0.4, -0.2) is 22.3 Å². The Hall–Kier alpha value is -3.47. The highest BCUT2D eigenvalue weighted by molar-refractivity contribution is 5.94. The van der Waals surface area contributed by atoms with Gasteiger partial charge in [0, 0.05) is 11.8 Å². The molecule has 5 heteroatoms. The van der Waals surface area contributed by atoms with Crippen LogP contribution < -0.4 is 5.43 Å². The van der Waals surface area contributed by atoms with Crippen molar-refractivity contribution in [3.63, 3.8) is 0 Å². The number of aromatic amines is 1. The summed E-state index contributed by atoms with van der Waals surface area (Å²) in [5.41, 5.74) is 6.92. The van der Waals surface area contributed by atoms with Crippen molar-refractivity contribution in [2.75, 3.05) is 0 Å². The second-order valence-corrected chi connectivity index (χ2v) is 6.95. The minimum absolute atomic E-state index is 0.334. The third kappa shape index (κ3) is 5.51. The largest absolute Gasteiger partial charge is 0.289 e. The van der Waals surface area contributed by atoms with Gasteiger partial charge in [-0.3, -0.25) is 9.89 Å². The molecule has 28 heavy (non-hydrogen) atoms. The maximum atomic E-state index is 12.2. The van der Waals surface area contributed by atoms with Crippen molar-refractivity contribution in [1.82, 2.24) is 15.6 Å². The number of carbonyl (C=O) groups is 1. The van der Waals surface area contributed by atoms with E-state index in [2.05, 4.69) is 46.7 Å². The van der Waals surface area contributed by atoms with Gasteiger partial charge in [0.05, 0.1) is 5.69 Å². The number of hydrazone groups is 1. The highest BCUT2D eigenvalue weighted by Gasteiger charge is 2.10. The molecule has 0 saturated carbocycles. The number of hydrogen-bond donors (Lipinski definition) is 2. The predicted molar refractivity (Wildman–Crippen MR) is 114 cm³/mol. The minimum atomic E-state index is -0.334. The fourth-order valence-electron chi connectivity index (χ4n) is 2.79. The summed E-state index contributed by atoms with van der Waals surface area (Å²) in [6, 6.07) is 19.9. The van der Waals surface area contributed by atoms with Crippen molar-refractivity contribution in [1.29, 1.82) is 0 Å².